The van der Waals surface area contributed by atoms with Gasteiger partial charge in [0.25, 0.3) is 0 Å². The summed E-state index contributed by atoms with van der Waals surface area (Å²) in [6, 6.07) is 9.07. The molecule has 114 valence electrons. The third kappa shape index (κ3) is 2.98. The Morgan fingerprint density at radius 2 is 1.05 bits per heavy atom. The van der Waals surface area contributed by atoms with Gasteiger partial charge in [-0.1, -0.05) is 24.3 Å². The molecular formula is C16H16N2O4. The van der Waals surface area contributed by atoms with Crippen molar-refractivity contribution in [2.75, 3.05) is 0 Å². The maximum absolute atomic E-state index is 12.2. The number of Topliss-reactive ketones (excluding diaryl/α,β-unsaturated/α-hetero) is 2. The molecule has 0 spiro atoms. The minimum absolute atomic E-state index is 0.00414. The predicted octanol–water partition coefficient (Wildman–Crippen LogP) is 0.818. The Labute approximate surface area is 127 Å². The van der Waals surface area contributed by atoms with Gasteiger partial charge < -0.3 is 21.7 Å². The van der Waals surface area contributed by atoms with Gasteiger partial charge in [0.1, 0.15) is 11.5 Å². The van der Waals surface area contributed by atoms with Gasteiger partial charge in [0, 0.05) is 0 Å². The first-order valence-corrected chi connectivity index (χ1v) is 6.59. The number of hydrogen-bond donors (Lipinski definition) is 4. The molecule has 6 nitrogen and oxygen atoms in total. The van der Waals surface area contributed by atoms with E-state index in [0.29, 0.717) is 0 Å². The van der Waals surface area contributed by atoms with Crippen LogP contribution >= 0.6 is 0 Å². The summed E-state index contributed by atoms with van der Waals surface area (Å²) in [6.45, 7) is 0. The van der Waals surface area contributed by atoms with Crippen LogP contribution in [0.5, 0.6) is 11.5 Å². The number of aromatic hydroxyl groups is 2. The molecule has 2 rings (SSSR count). The molecule has 0 amide bonds. The molecule has 0 saturated carbocycles. The monoisotopic (exact) mass is 300 g/mol. The van der Waals surface area contributed by atoms with Gasteiger partial charge in [-0.2, -0.15) is 0 Å². The van der Waals surface area contributed by atoms with Crippen molar-refractivity contribution in [2.24, 2.45) is 11.5 Å². The Kier molecular flexibility index (Phi) is 4.55. The molecule has 2 aromatic rings. The van der Waals surface area contributed by atoms with Crippen molar-refractivity contribution in [3.8, 4) is 11.5 Å². The fourth-order valence-corrected chi connectivity index (χ4v) is 2.05. The van der Waals surface area contributed by atoms with E-state index in [9.17, 15) is 19.8 Å². The molecule has 2 unspecified atom stereocenters. The molecule has 6 heteroatoms. The highest BCUT2D eigenvalue weighted by atomic mass is 16.3. The quantitative estimate of drug-likeness (QED) is 0.605. The molecule has 0 aliphatic carbocycles. The molecule has 0 fully saturated rings. The van der Waals surface area contributed by atoms with Crippen molar-refractivity contribution in [3.05, 3.63) is 59.7 Å². The van der Waals surface area contributed by atoms with Crippen LogP contribution < -0.4 is 11.5 Å². The van der Waals surface area contributed by atoms with Crippen LogP contribution in [0.15, 0.2) is 48.5 Å². The van der Waals surface area contributed by atoms with Crippen LogP contribution in [0.2, 0.25) is 0 Å². The van der Waals surface area contributed by atoms with Crippen LogP contribution in [0.25, 0.3) is 0 Å². The predicted molar refractivity (Wildman–Crippen MR) is 80.8 cm³/mol. The van der Waals surface area contributed by atoms with Crippen LogP contribution in [0.3, 0.4) is 0 Å². The highest BCUT2D eigenvalue weighted by Crippen LogP contribution is 2.21. The van der Waals surface area contributed by atoms with Gasteiger partial charge in [-0.15, -0.1) is 0 Å². The molecule has 0 bridgehead atoms. The normalized spacial score (nSPS) is 13.4. The number of carbonyl (C=O) groups excluding carboxylic acids is 2. The van der Waals surface area contributed by atoms with E-state index >= 15 is 0 Å². The molecule has 0 aliphatic rings. The Morgan fingerprint density at radius 1 is 0.727 bits per heavy atom. The molecule has 0 aliphatic heterocycles. The summed E-state index contributed by atoms with van der Waals surface area (Å²) in [5.41, 5.74) is 11.5. The highest BCUT2D eigenvalue weighted by Gasteiger charge is 2.31. The molecule has 0 aromatic heterocycles. The molecular weight excluding hydrogens is 284 g/mol. The topological polar surface area (TPSA) is 127 Å². The second kappa shape index (κ2) is 6.38. The molecule has 0 heterocycles. The van der Waals surface area contributed by atoms with E-state index in [1.807, 2.05) is 0 Å². The van der Waals surface area contributed by atoms with Gasteiger partial charge in [0.05, 0.1) is 23.2 Å². The zero-order valence-corrected chi connectivity index (χ0v) is 11.6. The first-order chi connectivity index (χ1) is 10.4. The van der Waals surface area contributed by atoms with Crippen molar-refractivity contribution in [3.63, 3.8) is 0 Å². The minimum Gasteiger partial charge on any atom is -0.507 e. The second-order valence-electron chi connectivity index (χ2n) is 4.81. The lowest BCUT2D eigenvalue weighted by molar-refractivity contribution is 0.0869. The standard InChI is InChI=1S/C16H16N2O4/c17-13(15(21)9-5-1-3-7-11(9)19)14(18)16(22)10-6-2-4-8-12(10)20/h1-8,13-14,19-20H,17-18H2. The number of nitrogens with two attached hydrogens (primary N) is 2. The first kappa shape index (κ1) is 15.7. The number of para-hydroxylation sites is 2. The Hall–Kier alpha value is -2.70. The van der Waals surface area contributed by atoms with E-state index in [4.69, 9.17) is 11.5 Å². The SMILES string of the molecule is NC(C(=O)c1ccccc1O)C(N)C(=O)c1ccccc1O. The molecule has 0 saturated heterocycles. The Bertz CT molecular complexity index is 653. The van der Waals surface area contributed by atoms with E-state index in [0.717, 1.165) is 0 Å². The molecule has 2 aromatic carbocycles. The van der Waals surface area contributed by atoms with Crippen molar-refractivity contribution in [2.45, 2.75) is 12.1 Å². The van der Waals surface area contributed by atoms with Crippen molar-refractivity contribution >= 4 is 11.6 Å². The third-order valence-corrected chi connectivity index (χ3v) is 3.33. The maximum atomic E-state index is 12.2. The summed E-state index contributed by atoms with van der Waals surface area (Å²) in [5, 5.41) is 19.3. The van der Waals surface area contributed by atoms with Gasteiger partial charge in [-0.25, -0.2) is 0 Å². The van der Waals surface area contributed by atoms with Gasteiger partial charge in [0.2, 0.25) is 0 Å². The summed E-state index contributed by atoms with van der Waals surface area (Å²) in [7, 11) is 0. The number of phenolic OH excluding ortho intramolecular Hbond substituents is 2. The zero-order valence-electron chi connectivity index (χ0n) is 11.6. The van der Waals surface area contributed by atoms with Crippen LogP contribution in [-0.2, 0) is 0 Å². The smallest absolute Gasteiger partial charge is 0.185 e. The summed E-state index contributed by atoms with van der Waals surface area (Å²) >= 11 is 0. The summed E-state index contributed by atoms with van der Waals surface area (Å²) < 4.78 is 0. The zero-order chi connectivity index (χ0) is 16.3. The van der Waals surface area contributed by atoms with Crippen LogP contribution in [-0.4, -0.2) is 33.9 Å². The second-order valence-corrected chi connectivity index (χ2v) is 4.81. The lowest BCUT2D eigenvalue weighted by atomic mass is 9.92. The average Bonchev–Trinajstić information content (AvgIpc) is 2.53. The molecule has 0 radical (unpaired) electrons. The number of hydrogen-bond acceptors (Lipinski definition) is 6. The first-order valence-electron chi connectivity index (χ1n) is 6.59. The number of benzene rings is 2. The fourth-order valence-electron chi connectivity index (χ4n) is 2.05. The van der Waals surface area contributed by atoms with Crippen molar-refractivity contribution < 1.29 is 19.8 Å². The molecule has 22 heavy (non-hydrogen) atoms. The van der Waals surface area contributed by atoms with Crippen LogP contribution in [0.4, 0.5) is 0 Å². The van der Waals surface area contributed by atoms with Crippen molar-refractivity contribution in [1.82, 2.24) is 0 Å². The number of carbonyl (C=O) groups is 2. The third-order valence-electron chi connectivity index (χ3n) is 3.33. The largest absolute Gasteiger partial charge is 0.507 e. The lowest BCUT2D eigenvalue weighted by Crippen LogP contribution is -2.51. The van der Waals surface area contributed by atoms with E-state index in [1.54, 1.807) is 24.3 Å². The van der Waals surface area contributed by atoms with Gasteiger partial charge in [-0.3, -0.25) is 9.59 Å². The molecule has 2 atom stereocenters. The number of phenols is 2. The minimum atomic E-state index is -1.33. The fraction of sp³-hybridized carbons (Fsp3) is 0.125. The lowest BCUT2D eigenvalue weighted by Gasteiger charge is -2.18. The maximum Gasteiger partial charge on any atom is 0.185 e. The molecule has 6 N–H and O–H groups in total. The van der Waals surface area contributed by atoms with Crippen LogP contribution in [0.1, 0.15) is 20.7 Å². The number of ketones is 2. The Balaban J connectivity index is 2.24. The highest BCUT2D eigenvalue weighted by molar-refractivity contribution is 6.10. The van der Waals surface area contributed by atoms with Gasteiger partial charge >= 0.3 is 0 Å². The van der Waals surface area contributed by atoms with Crippen LogP contribution in [0, 0.1) is 0 Å². The number of rotatable bonds is 5. The Morgan fingerprint density at radius 3 is 1.36 bits per heavy atom. The summed E-state index contributed by atoms with van der Waals surface area (Å²) in [6.07, 6.45) is 0. The van der Waals surface area contributed by atoms with E-state index in [2.05, 4.69) is 0 Å². The average molecular weight is 300 g/mol. The van der Waals surface area contributed by atoms with Gasteiger partial charge in [-0.05, 0) is 24.3 Å². The van der Waals surface area contributed by atoms with E-state index in [-0.39, 0.29) is 22.6 Å². The van der Waals surface area contributed by atoms with E-state index in [1.165, 1.54) is 24.3 Å². The van der Waals surface area contributed by atoms with E-state index < -0.39 is 23.7 Å². The van der Waals surface area contributed by atoms with Crippen molar-refractivity contribution in [1.29, 1.82) is 0 Å². The summed E-state index contributed by atoms with van der Waals surface area (Å²) in [5.74, 6) is -1.75. The summed E-state index contributed by atoms with van der Waals surface area (Å²) in [4.78, 5) is 24.5. The van der Waals surface area contributed by atoms with Gasteiger partial charge in [0.15, 0.2) is 11.6 Å².